The zero-order valence-corrected chi connectivity index (χ0v) is 12.1. The van der Waals surface area contributed by atoms with Gasteiger partial charge in [0.25, 0.3) is 0 Å². The fourth-order valence-corrected chi connectivity index (χ4v) is 3.41. The van der Waals surface area contributed by atoms with Crippen LogP contribution in [0.5, 0.6) is 0 Å². The highest BCUT2D eigenvalue weighted by Gasteiger charge is 2.17. The molecule has 2 aromatic rings. The largest absolute Gasteiger partial charge is 0.320 e. The predicted molar refractivity (Wildman–Crippen MR) is 76.6 cm³/mol. The maximum absolute atomic E-state index is 6.21. The molecule has 0 amide bonds. The third kappa shape index (κ3) is 2.78. The zero-order chi connectivity index (χ0) is 12.6. The molecule has 1 unspecified atom stereocenters. The van der Waals surface area contributed by atoms with Crippen LogP contribution in [0.25, 0.3) is 0 Å². The molecular weight excluding hydrogens is 297 g/mol. The maximum Gasteiger partial charge on any atom is 0.0995 e. The normalized spacial score (nSPS) is 12.8. The minimum atomic E-state index is -0.301. The third-order valence-electron chi connectivity index (χ3n) is 2.59. The van der Waals surface area contributed by atoms with Crippen LogP contribution in [0.15, 0.2) is 24.3 Å². The fraction of sp³-hybridized carbons (Fsp3) is 0.167. The standard InChI is InChI=1S/C12H10Cl3NS/c1-6-2-3-7(13)4-8(6)11(16)9-5-10(14)17-12(9)15/h2-5,11H,16H2,1H3. The van der Waals surface area contributed by atoms with E-state index >= 15 is 0 Å². The van der Waals surface area contributed by atoms with Gasteiger partial charge in [-0.15, -0.1) is 11.3 Å². The van der Waals surface area contributed by atoms with Gasteiger partial charge in [0.2, 0.25) is 0 Å². The number of hydrogen-bond acceptors (Lipinski definition) is 2. The minimum Gasteiger partial charge on any atom is -0.320 e. The Hall–Kier alpha value is -0.250. The highest BCUT2D eigenvalue weighted by Crippen LogP contribution is 2.37. The molecule has 0 aliphatic heterocycles. The van der Waals surface area contributed by atoms with Crippen LogP contribution in [0.3, 0.4) is 0 Å². The number of aryl methyl sites for hydroxylation is 1. The van der Waals surface area contributed by atoms with Gasteiger partial charge in [0.05, 0.1) is 14.7 Å². The Balaban J connectivity index is 2.46. The number of hydrogen-bond donors (Lipinski definition) is 1. The summed E-state index contributed by atoms with van der Waals surface area (Å²) in [4.78, 5) is 0. The van der Waals surface area contributed by atoms with Crippen LogP contribution < -0.4 is 5.73 Å². The van der Waals surface area contributed by atoms with Gasteiger partial charge < -0.3 is 5.73 Å². The van der Waals surface area contributed by atoms with Crippen LogP contribution in [0.2, 0.25) is 13.7 Å². The molecule has 0 aliphatic rings. The van der Waals surface area contributed by atoms with Crippen LogP contribution in [-0.4, -0.2) is 0 Å². The first-order chi connectivity index (χ1) is 7.99. The molecule has 1 heterocycles. The lowest BCUT2D eigenvalue weighted by Crippen LogP contribution is -2.12. The monoisotopic (exact) mass is 305 g/mol. The third-order valence-corrected chi connectivity index (χ3v) is 4.35. The number of benzene rings is 1. The van der Waals surface area contributed by atoms with Crippen molar-refractivity contribution in [3.8, 4) is 0 Å². The van der Waals surface area contributed by atoms with E-state index in [1.807, 2.05) is 25.1 Å². The molecule has 0 bridgehead atoms. The molecule has 2 N–H and O–H groups in total. The minimum absolute atomic E-state index is 0.301. The van der Waals surface area contributed by atoms with Gasteiger partial charge in [0.1, 0.15) is 0 Å². The van der Waals surface area contributed by atoms with Crippen LogP contribution in [0, 0.1) is 6.92 Å². The van der Waals surface area contributed by atoms with Crippen LogP contribution in [0.4, 0.5) is 0 Å². The average molecular weight is 307 g/mol. The van der Waals surface area contributed by atoms with Gasteiger partial charge in [0.15, 0.2) is 0 Å². The molecule has 0 fully saturated rings. The summed E-state index contributed by atoms with van der Waals surface area (Å²) in [6.45, 7) is 1.99. The molecule has 0 saturated heterocycles. The summed E-state index contributed by atoms with van der Waals surface area (Å²) in [5, 5.41) is 0.665. The lowest BCUT2D eigenvalue weighted by atomic mass is 9.98. The van der Waals surface area contributed by atoms with Gasteiger partial charge in [0, 0.05) is 10.6 Å². The van der Waals surface area contributed by atoms with Crippen LogP contribution >= 0.6 is 46.1 Å². The Morgan fingerprint density at radius 2 is 1.82 bits per heavy atom. The van der Waals surface area contributed by atoms with Crippen LogP contribution in [-0.2, 0) is 0 Å². The Morgan fingerprint density at radius 1 is 1.12 bits per heavy atom. The van der Waals surface area contributed by atoms with E-state index in [2.05, 4.69) is 0 Å². The molecule has 0 saturated carbocycles. The van der Waals surface area contributed by atoms with Gasteiger partial charge in [-0.25, -0.2) is 0 Å². The van der Waals surface area contributed by atoms with Crippen molar-refractivity contribution in [2.75, 3.05) is 0 Å². The van der Waals surface area contributed by atoms with Crippen LogP contribution in [0.1, 0.15) is 22.7 Å². The number of rotatable bonds is 2. The highest BCUT2D eigenvalue weighted by molar-refractivity contribution is 7.20. The summed E-state index contributed by atoms with van der Waals surface area (Å²) in [7, 11) is 0. The Kier molecular flexibility index (Phi) is 4.01. The van der Waals surface area contributed by atoms with E-state index in [-0.39, 0.29) is 6.04 Å². The Morgan fingerprint density at radius 3 is 2.41 bits per heavy atom. The first kappa shape index (κ1) is 13.2. The first-order valence-corrected chi connectivity index (χ1v) is 6.90. The van der Waals surface area contributed by atoms with Crippen molar-refractivity contribution in [3.05, 3.63) is 54.7 Å². The van der Waals surface area contributed by atoms with Gasteiger partial charge >= 0.3 is 0 Å². The van der Waals surface area contributed by atoms with E-state index in [4.69, 9.17) is 40.5 Å². The van der Waals surface area contributed by atoms with Gasteiger partial charge in [-0.3, -0.25) is 0 Å². The van der Waals surface area contributed by atoms with Crippen molar-refractivity contribution >= 4 is 46.1 Å². The van der Waals surface area contributed by atoms with E-state index in [9.17, 15) is 0 Å². The molecule has 0 aliphatic carbocycles. The molecular formula is C12H10Cl3NS. The first-order valence-electron chi connectivity index (χ1n) is 4.95. The summed E-state index contributed by atoms with van der Waals surface area (Å²) in [6, 6.07) is 7.16. The summed E-state index contributed by atoms with van der Waals surface area (Å²) in [6.07, 6.45) is 0. The van der Waals surface area contributed by atoms with E-state index in [0.717, 1.165) is 16.7 Å². The second kappa shape index (κ2) is 5.17. The smallest absolute Gasteiger partial charge is 0.0995 e. The summed E-state index contributed by atoms with van der Waals surface area (Å²) in [5.74, 6) is 0. The van der Waals surface area contributed by atoms with Gasteiger partial charge in [-0.05, 0) is 36.2 Å². The van der Waals surface area contributed by atoms with Crippen molar-refractivity contribution in [1.82, 2.24) is 0 Å². The van der Waals surface area contributed by atoms with Crippen molar-refractivity contribution in [2.24, 2.45) is 5.73 Å². The van der Waals surface area contributed by atoms with Gasteiger partial charge in [-0.1, -0.05) is 40.9 Å². The summed E-state index contributed by atoms with van der Waals surface area (Å²) >= 11 is 19.3. The topological polar surface area (TPSA) is 26.0 Å². The lowest BCUT2D eigenvalue weighted by Gasteiger charge is -2.14. The average Bonchev–Trinajstić information content (AvgIpc) is 2.60. The van der Waals surface area contributed by atoms with Crippen molar-refractivity contribution < 1.29 is 0 Å². The van der Waals surface area contributed by atoms with E-state index in [0.29, 0.717) is 13.7 Å². The Bertz CT molecular complexity index is 551. The van der Waals surface area contributed by atoms with Crippen molar-refractivity contribution in [3.63, 3.8) is 0 Å². The predicted octanol–water partition coefficient (Wildman–Crippen LogP) is 5.06. The molecule has 2 rings (SSSR count). The summed E-state index contributed by atoms with van der Waals surface area (Å²) < 4.78 is 1.27. The molecule has 1 aromatic heterocycles. The molecule has 17 heavy (non-hydrogen) atoms. The van der Waals surface area contributed by atoms with E-state index in [1.54, 1.807) is 6.07 Å². The quantitative estimate of drug-likeness (QED) is 0.824. The van der Waals surface area contributed by atoms with Crippen molar-refractivity contribution in [2.45, 2.75) is 13.0 Å². The molecule has 0 spiro atoms. The Labute approximate surface area is 119 Å². The second-order valence-electron chi connectivity index (χ2n) is 3.76. The second-order valence-corrected chi connectivity index (χ2v) is 6.48. The molecule has 5 heteroatoms. The highest BCUT2D eigenvalue weighted by atomic mass is 35.5. The van der Waals surface area contributed by atoms with Crippen molar-refractivity contribution in [1.29, 1.82) is 0 Å². The van der Waals surface area contributed by atoms with Gasteiger partial charge in [-0.2, -0.15) is 0 Å². The molecule has 1 nitrogen and oxygen atoms in total. The zero-order valence-electron chi connectivity index (χ0n) is 9.01. The summed E-state index contributed by atoms with van der Waals surface area (Å²) in [5.41, 5.74) is 9.10. The number of nitrogens with two attached hydrogens (primary N) is 1. The lowest BCUT2D eigenvalue weighted by molar-refractivity contribution is 0.867. The molecule has 90 valence electrons. The molecule has 1 atom stereocenters. The fourth-order valence-electron chi connectivity index (χ4n) is 1.68. The molecule has 0 radical (unpaired) electrons. The number of halogens is 3. The van der Waals surface area contributed by atoms with E-state index < -0.39 is 0 Å². The molecule has 1 aromatic carbocycles. The number of thiophene rings is 1. The SMILES string of the molecule is Cc1ccc(Cl)cc1C(N)c1cc(Cl)sc1Cl. The maximum atomic E-state index is 6.21. The van der Waals surface area contributed by atoms with E-state index in [1.165, 1.54) is 11.3 Å².